The molecule has 3 aliphatic rings. The van der Waals surface area contributed by atoms with E-state index in [-0.39, 0.29) is 22.9 Å². The lowest BCUT2D eigenvalue weighted by molar-refractivity contribution is -0.135. The van der Waals surface area contributed by atoms with E-state index in [1.54, 1.807) is 18.3 Å². The fraction of sp³-hybridized carbons (Fsp3) is 0.417. The van der Waals surface area contributed by atoms with Gasteiger partial charge in [0.05, 0.1) is 17.0 Å². The first-order valence-corrected chi connectivity index (χ1v) is 11.6. The van der Waals surface area contributed by atoms with Crippen molar-refractivity contribution >= 4 is 34.7 Å². The van der Waals surface area contributed by atoms with E-state index < -0.39 is 5.82 Å². The number of nitrogens with zero attached hydrogens (tertiary/aromatic N) is 2. The zero-order valence-electron chi connectivity index (χ0n) is 17.8. The second-order valence-corrected chi connectivity index (χ2v) is 9.10. The number of pyridine rings is 1. The molecule has 1 aromatic carbocycles. The summed E-state index contributed by atoms with van der Waals surface area (Å²) in [5, 5.41) is 10.3. The molecule has 6 nitrogen and oxygen atoms in total. The summed E-state index contributed by atoms with van der Waals surface area (Å²) in [6, 6.07) is 6.71. The maximum absolute atomic E-state index is 13.5. The number of piperidine rings is 1. The maximum Gasteiger partial charge on any atom is 0.227 e. The molecule has 0 radical (unpaired) electrons. The number of hydrogen-bond acceptors (Lipinski definition) is 5. The average molecular weight is 456 g/mol. The van der Waals surface area contributed by atoms with Crippen LogP contribution in [0.2, 0.25) is 5.02 Å². The lowest BCUT2D eigenvalue weighted by Gasteiger charge is -2.33. The Hall–Kier alpha value is -2.64. The van der Waals surface area contributed by atoms with E-state index in [1.165, 1.54) is 11.6 Å². The smallest absolute Gasteiger partial charge is 0.227 e. The van der Waals surface area contributed by atoms with Crippen molar-refractivity contribution in [1.82, 2.24) is 15.2 Å². The summed E-state index contributed by atoms with van der Waals surface area (Å²) < 4.78 is 13.5. The topological polar surface area (TPSA) is 69.3 Å². The van der Waals surface area contributed by atoms with Crippen molar-refractivity contribution in [3.63, 3.8) is 0 Å². The van der Waals surface area contributed by atoms with Gasteiger partial charge in [-0.3, -0.25) is 4.79 Å². The molecule has 0 spiro atoms. The van der Waals surface area contributed by atoms with Crippen LogP contribution >= 0.6 is 11.6 Å². The number of halogens is 2. The number of aromatic nitrogens is 1. The molecule has 1 aromatic heterocycles. The van der Waals surface area contributed by atoms with E-state index in [2.05, 4.69) is 27.0 Å². The molecule has 0 saturated carbocycles. The Morgan fingerprint density at radius 2 is 2.22 bits per heavy atom. The number of carbonyl (C=O) groups is 1. The third kappa shape index (κ3) is 4.32. The molecule has 1 saturated heterocycles. The van der Waals surface area contributed by atoms with E-state index in [0.717, 1.165) is 68.1 Å². The van der Waals surface area contributed by atoms with Gasteiger partial charge >= 0.3 is 0 Å². The Morgan fingerprint density at radius 1 is 1.31 bits per heavy atom. The molecule has 3 N–H and O–H groups in total. The minimum absolute atomic E-state index is 0.0900. The molecular weight excluding hydrogens is 429 g/mol. The van der Waals surface area contributed by atoms with E-state index in [0.29, 0.717) is 6.54 Å². The normalized spacial score (nSPS) is 22.7. The van der Waals surface area contributed by atoms with Gasteiger partial charge in [-0.25, -0.2) is 9.37 Å². The molecule has 32 heavy (non-hydrogen) atoms. The SMILES string of the molecule is O=C([C@H]1CCCNC1)N1CC=C(C2Cc3c(Nc4ccc(F)c(Cl)c4)ccnc3N2)CC1. The number of carbonyl (C=O) groups excluding carboxylic acids is 1. The van der Waals surface area contributed by atoms with E-state index in [4.69, 9.17) is 11.6 Å². The molecule has 5 rings (SSSR count). The Balaban J connectivity index is 1.25. The van der Waals surface area contributed by atoms with Crippen molar-refractivity contribution in [3.8, 4) is 0 Å². The molecule has 3 aliphatic heterocycles. The number of nitrogens with one attached hydrogen (secondary N) is 3. The van der Waals surface area contributed by atoms with Crippen LogP contribution in [-0.2, 0) is 11.2 Å². The Labute approximate surface area is 192 Å². The molecule has 2 atom stereocenters. The van der Waals surface area contributed by atoms with Crippen LogP contribution in [0.1, 0.15) is 24.8 Å². The lowest BCUT2D eigenvalue weighted by atomic mass is 9.94. The van der Waals surface area contributed by atoms with E-state index in [1.807, 2.05) is 11.0 Å². The molecule has 1 amide bonds. The molecule has 1 unspecified atom stereocenters. The summed E-state index contributed by atoms with van der Waals surface area (Å²) in [5.74, 6) is 0.822. The van der Waals surface area contributed by atoms with Crippen molar-refractivity contribution in [2.45, 2.75) is 31.7 Å². The van der Waals surface area contributed by atoms with Crippen molar-refractivity contribution < 1.29 is 9.18 Å². The minimum Gasteiger partial charge on any atom is -0.363 e. The highest BCUT2D eigenvalue weighted by Gasteiger charge is 2.31. The van der Waals surface area contributed by atoms with Gasteiger partial charge in [-0.2, -0.15) is 0 Å². The van der Waals surface area contributed by atoms with Gasteiger partial charge in [-0.05, 0) is 55.6 Å². The predicted molar refractivity (Wildman–Crippen MR) is 125 cm³/mol. The van der Waals surface area contributed by atoms with Crippen molar-refractivity contribution in [2.75, 3.05) is 36.8 Å². The molecule has 1 fully saturated rings. The van der Waals surface area contributed by atoms with Crippen LogP contribution in [0.3, 0.4) is 0 Å². The van der Waals surface area contributed by atoms with Crippen LogP contribution in [0.15, 0.2) is 42.1 Å². The molecule has 4 heterocycles. The number of rotatable bonds is 4. The zero-order valence-corrected chi connectivity index (χ0v) is 18.6. The lowest BCUT2D eigenvalue weighted by Crippen LogP contribution is -2.45. The quantitative estimate of drug-likeness (QED) is 0.605. The number of fused-ring (bicyclic) bond motifs is 1. The third-order valence-corrected chi connectivity index (χ3v) is 6.91. The van der Waals surface area contributed by atoms with Crippen molar-refractivity contribution in [1.29, 1.82) is 0 Å². The molecule has 8 heteroatoms. The first kappa shape index (κ1) is 21.2. The summed E-state index contributed by atoms with van der Waals surface area (Å²) in [6.07, 6.45) is 7.70. The first-order valence-electron chi connectivity index (χ1n) is 11.2. The van der Waals surface area contributed by atoms with Crippen LogP contribution in [0.25, 0.3) is 0 Å². The summed E-state index contributed by atoms with van der Waals surface area (Å²) >= 11 is 5.93. The highest BCUT2D eigenvalue weighted by molar-refractivity contribution is 6.31. The second kappa shape index (κ2) is 9.08. The highest BCUT2D eigenvalue weighted by Crippen LogP contribution is 2.36. The number of amides is 1. The molecular formula is C24H27ClFN5O. The Bertz CT molecular complexity index is 1050. The standard InChI is InChI=1S/C24H27ClFN5O/c25-19-12-17(3-4-20(19)26)29-21-5-9-28-23-18(21)13-22(30-23)15-6-10-31(11-7-15)24(32)16-2-1-8-27-14-16/h3-6,9,12,16,22,27H,1-2,7-8,10-11,13-14H2,(H2,28,29,30)/t16-,22?/m0/s1. The minimum atomic E-state index is -0.435. The van der Waals surface area contributed by atoms with Crippen molar-refractivity contribution in [2.24, 2.45) is 5.92 Å². The van der Waals surface area contributed by atoms with Crippen LogP contribution in [0, 0.1) is 11.7 Å². The van der Waals surface area contributed by atoms with Crippen LogP contribution in [0.4, 0.5) is 21.6 Å². The molecule has 0 aliphatic carbocycles. The van der Waals surface area contributed by atoms with Gasteiger partial charge in [0.2, 0.25) is 5.91 Å². The largest absolute Gasteiger partial charge is 0.363 e. The van der Waals surface area contributed by atoms with Crippen LogP contribution in [0.5, 0.6) is 0 Å². The summed E-state index contributed by atoms with van der Waals surface area (Å²) in [5.41, 5.74) is 4.09. The summed E-state index contributed by atoms with van der Waals surface area (Å²) in [6.45, 7) is 3.25. The first-order chi connectivity index (χ1) is 15.6. The fourth-order valence-electron chi connectivity index (χ4n) is 4.84. The van der Waals surface area contributed by atoms with Gasteiger partial charge in [0.1, 0.15) is 11.6 Å². The Kier molecular flexibility index (Phi) is 6.02. The fourth-order valence-corrected chi connectivity index (χ4v) is 5.02. The zero-order chi connectivity index (χ0) is 22.1. The van der Waals surface area contributed by atoms with E-state index in [9.17, 15) is 9.18 Å². The van der Waals surface area contributed by atoms with Crippen LogP contribution in [-0.4, -0.2) is 48.0 Å². The molecule has 168 valence electrons. The third-order valence-electron chi connectivity index (χ3n) is 6.62. The van der Waals surface area contributed by atoms with Gasteiger partial charge in [-0.1, -0.05) is 17.7 Å². The van der Waals surface area contributed by atoms with E-state index >= 15 is 0 Å². The van der Waals surface area contributed by atoms with Gasteiger partial charge < -0.3 is 20.9 Å². The Morgan fingerprint density at radius 3 is 2.97 bits per heavy atom. The van der Waals surface area contributed by atoms with Gasteiger partial charge in [0.25, 0.3) is 0 Å². The second-order valence-electron chi connectivity index (χ2n) is 8.70. The van der Waals surface area contributed by atoms with Crippen LogP contribution < -0.4 is 16.0 Å². The average Bonchev–Trinajstić information content (AvgIpc) is 3.27. The van der Waals surface area contributed by atoms with Crippen molar-refractivity contribution in [3.05, 3.63) is 58.5 Å². The number of anilines is 3. The monoisotopic (exact) mass is 455 g/mol. The number of hydrogen-bond donors (Lipinski definition) is 3. The predicted octanol–water partition coefficient (Wildman–Crippen LogP) is 4.11. The summed E-state index contributed by atoms with van der Waals surface area (Å²) in [7, 11) is 0. The molecule has 2 aromatic rings. The summed E-state index contributed by atoms with van der Waals surface area (Å²) in [4.78, 5) is 19.3. The molecule has 0 bridgehead atoms. The van der Waals surface area contributed by atoms with Gasteiger partial charge in [0, 0.05) is 49.2 Å². The highest BCUT2D eigenvalue weighted by atomic mass is 35.5. The maximum atomic E-state index is 13.5. The number of benzene rings is 1. The van der Waals surface area contributed by atoms with Gasteiger partial charge in [0.15, 0.2) is 0 Å². The van der Waals surface area contributed by atoms with Gasteiger partial charge in [-0.15, -0.1) is 0 Å².